The lowest BCUT2D eigenvalue weighted by atomic mass is 10.00. The molecule has 6 rings (SSSR count). The van der Waals surface area contributed by atoms with Crippen LogP contribution < -0.4 is 10.5 Å². The number of amides is 1. The SMILES string of the molecule is C[C@@H](OC1(C)C=C(n2cnc3ccc(OC4CCN(C5CCCC5)CC4)cc32)SC1C(N)=O)c1ccccc1Cl. The van der Waals surface area contributed by atoms with Crippen LogP contribution in [0.15, 0.2) is 54.9 Å². The molecule has 1 saturated carbocycles. The van der Waals surface area contributed by atoms with E-state index in [1.165, 1.54) is 37.4 Å². The van der Waals surface area contributed by atoms with Gasteiger partial charge in [0.25, 0.3) is 0 Å². The fourth-order valence-corrected chi connectivity index (χ4v) is 8.03. The number of hydrogen-bond acceptors (Lipinski definition) is 6. The van der Waals surface area contributed by atoms with Gasteiger partial charge in [-0.25, -0.2) is 4.98 Å². The van der Waals surface area contributed by atoms with Crippen molar-refractivity contribution in [2.24, 2.45) is 5.73 Å². The molecule has 212 valence electrons. The van der Waals surface area contributed by atoms with Crippen molar-refractivity contribution in [1.82, 2.24) is 14.5 Å². The summed E-state index contributed by atoms with van der Waals surface area (Å²) in [5.74, 6) is 0.414. The number of primary amides is 1. The fraction of sp³-hybridized carbons (Fsp3) is 0.484. The van der Waals surface area contributed by atoms with Crippen LogP contribution >= 0.6 is 23.4 Å². The van der Waals surface area contributed by atoms with Gasteiger partial charge in [-0.05, 0) is 69.4 Å². The molecular formula is C31H37ClN4O3S. The summed E-state index contributed by atoms with van der Waals surface area (Å²) in [7, 11) is 0. The number of aromatic nitrogens is 2. The first-order valence-corrected chi connectivity index (χ1v) is 15.6. The molecule has 0 bridgehead atoms. The van der Waals surface area contributed by atoms with Crippen molar-refractivity contribution in [2.45, 2.75) is 81.5 Å². The molecule has 3 heterocycles. The minimum absolute atomic E-state index is 0.216. The zero-order chi connectivity index (χ0) is 27.9. The predicted molar refractivity (Wildman–Crippen MR) is 161 cm³/mol. The number of nitrogens with two attached hydrogens (primary N) is 1. The number of nitrogens with zero attached hydrogens (tertiary/aromatic N) is 3. The van der Waals surface area contributed by atoms with Crippen LogP contribution in [0.25, 0.3) is 16.1 Å². The summed E-state index contributed by atoms with van der Waals surface area (Å²) >= 11 is 7.83. The van der Waals surface area contributed by atoms with E-state index in [1.54, 1.807) is 6.33 Å². The Balaban J connectivity index is 1.21. The predicted octanol–water partition coefficient (Wildman–Crippen LogP) is 6.41. The largest absolute Gasteiger partial charge is 0.490 e. The van der Waals surface area contributed by atoms with Crippen molar-refractivity contribution in [3.63, 3.8) is 0 Å². The highest BCUT2D eigenvalue weighted by Crippen LogP contribution is 2.47. The van der Waals surface area contributed by atoms with Crippen LogP contribution in [0, 0.1) is 0 Å². The smallest absolute Gasteiger partial charge is 0.234 e. The Morgan fingerprint density at radius 2 is 1.90 bits per heavy atom. The minimum Gasteiger partial charge on any atom is -0.490 e. The summed E-state index contributed by atoms with van der Waals surface area (Å²) in [5, 5.41) is 0.873. The van der Waals surface area contributed by atoms with Crippen LogP contribution in [0.5, 0.6) is 5.75 Å². The van der Waals surface area contributed by atoms with Gasteiger partial charge < -0.3 is 20.1 Å². The Hall–Kier alpha value is -2.52. The Morgan fingerprint density at radius 1 is 1.15 bits per heavy atom. The summed E-state index contributed by atoms with van der Waals surface area (Å²) in [4.78, 5) is 19.9. The summed E-state index contributed by atoms with van der Waals surface area (Å²) < 4.78 is 15.0. The van der Waals surface area contributed by atoms with E-state index >= 15 is 0 Å². The number of imidazole rings is 1. The van der Waals surface area contributed by atoms with E-state index in [9.17, 15) is 4.79 Å². The number of carbonyl (C=O) groups excluding carboxylic acids is 1. The monoisotopic (exact) mass is 580 g/mol. The molecule has 40 heavy (non-hydrogen) atoms. The first kappa shape index (κ1) is 27.6. The summed E-state index contributed by atoms with van der Waals surface area (Å²) in [6.45, 7) is 6.06. The second-order valence-electron chi connectivity index (χ2n) is 11.4. The highest BCUT2D eigenvalue weighted by Gasteiger charge is 2.46. The van der Waals surface area contributed by atoms with Gasteiger partial charge >= 0.3 is 0 Å². The van der Waals surface area contributed by atoms with E-state index < -0.39 is 16.8 Å². The van der Waals surface area contributed by atoms with Gasteiger partial charge in [0.1, 0.15) is 29.0 Å². The van der Waals surface area contributed by atoms with E-state index in [-0.39, 0.29) is 12.2 Å². The molecule has 2 unspecified atom stereocenters. The minimum atomic E-state index is -0.928. The molecule has 1 amide bonds. The van der Waals surface area contributed by atoms with Gasteiger partial charge in [-0.1, -0.05) is 54.4 Å². The number of fused-ring (bicyclic) bond motifs is 1. The van der Waals surface area contributed by atoms with E-state index in [1.807, 2.05) is 60.9 Å². The molecule has 2 aromatic carbocycles. The van der Waals surface area contributed by atoms with Crippen molar-refractivity contribution in [3.05, 3.63) is 65.5 Å². The van der Waals surface area contributed by atoms with Crippen molar-refractivity contribution < 1.29 is 14.3 Å². The van der Waals surface area contributed by atoms with Gasteiger partial charge in [0.05, 0.1) is 22.2 Å². The van der Waals surface area contributed by atoms with Gasteiger partial charge in [0.15, 0.2) is 0 Å². The molecule has 7 nitrogen and oxygen atoms in total. The zero-order valence-corrected chi connectivity index (χ0v) is 24.7. The van der Waals surface area contributed by atoms with Gasteiger partial charge in [0.2, 0.25) is 5.91 Å². The second-order valence-corrected chi connectivity index (χ2v) is 12.9. The lowest BCUT2D eigenvalue weighted by Gasteiger charge is -2.36. The third-order valence-electron chi connectivity index (χ3n) is 8.58. The molecule has 2 fully saturated rings. The number of piperidine rings is 1. The Bertz CT molecular complexity index is 1410. The number of halogens is 1. The summed E-state index contributed by atoms with van der Waals surface area (Å²) in [6, 6.07) is 14.4. The van der Waals surface area contributed by atoms with Crippen LogP contribution in [0.2, 0.25) is 5.02 Å². The van der Waals surface area contributed by atoms with Crippen LogP contribution in [0.1, 0.15) is 64.0 Å². The van der Waals surface area contributed by atoms with E-state index in [0.29, 0.717) is 5.02 Å². The van der Waals surface area contributed by atoms with Crippen LogP contribution in [0.4, 0.5) is 0 Å². The fourth-order valence-electron chi connectivity index (χ4n) is 6.46. The maximum absolute atomic E-state index is 12.6. The standard InChI is InChI=1S/C31H37ClN4O3S/c1-20(24-9-5-6-10-25(24)32)39-31(2)18-28(40-29(31)30(33)37)36-19-34-26-12-11-23(17-27(26)36)38-22-13-15-35(16-14-22)21-7-3-4-8-21/h5-6,9-12,17-22,29H,3-4,7-8,13-16H2,1-2H3,(H2,33,37)/t20-,29?,31?/m1/s1. The Kier molecular flexibility index (Phi) is 7.87. The van der Waals surface area contributed by atoms with Crippen molar-refractivity contribution in [1.29, 1.82) is 0 Å². The number of benzene rings is 2. The highest BCUT2D eigenvalue weighted by molar-refractivity contribution is 8.09. The quantitative estimate of drug-likeness (QED) is 0.331. The van der Waals surface area contributed by atoms with E-state index in [2.05, 4.69) is 16.0 Å². The molecule has 2 N–H and O–H groups in total. The first-order chi connectivity index (χ1) is 19.3. The van der Waals surface area contributed by atoms with Gasteiger partial charge in [-0.2, -0.15) is 0 Å². The first-order valence-electron chi connectivity index (χ1n) is 14.3. The average molecular weight is 581 g/mol. The third-order valence-corrected chi connectivity index (χ3v) is 10.4. The van der Waals surface area contributed by atoms with Crippen molar-refractivity contribution in [3.8, 4) is 5.75 Å². The van der Waals surface area contributed by atoms with Gasteiger partial charge in [-0.15, -0.1) is 0 Å². The molecule has 1 saturated heterocycles. The van der Waals surface area contributed by atoms with Gasteiger partial charge in [0, 0.05) is 30.2 Å². The van der Waals surface area contributed by atoms with Crippen molar-refractivity contribution >= 4 is 45.3 Å². The molecule has 2 aliphatic heterocycles. The molecule has 3 atom stereocenters. The van der Waals surface area contributed by atoms with Crippen molar-refractivity contribution in [2.75, 3.05) is 13.1 Å². The molecule has 0 radical (unpaired) electrons. The van der Waals surface area contributed by atoms with Crippen LogP contribution in [0.3, 0.4) is 0 Å². The molecule has 9 heteroatoms. The van der Waals surface area contributed by atoms with E-state index in [4.69, 9.17) is 26.8 Å². The molecule has 3 aromatic rings. The number of thioether (sulfide) groups is 1. The molecular weight excluding hydrogens is 544 g/mol. The number of carbonyl (C=O) groups is 1. The highest BCUT2D eigenvalue weighted by atomic mass is 35.5. The summed E-state index contributed by atoms with van der Waals surface area (Å²) in [6.07, 6.45) is 11.2. The average Bonchev–Trinajstić information content (AvgIpc) is 3.68. The normalized spacial score (nSPS) is 25.4. The molecule has 1 aliphatic carbocycles. The Morgan fingerprint density at radius 3 is 2.62 bits per heavy atom. The maximum atomic E-state index is 12.6. The molecule has 0 spiro atoms. The topological polar surface area (TPSA) is 82.6 Å². The maximum Gasteiger partial charge on any atom is 0.234 e. The Labute approximate surface area is 245 Å². The van der Waals surface area contributed by atoms with Crippen LogP contribution in [-0.4, -0.2) is 56.4 Å². The number of ether oxygens (including phenoxy) is 2. The second kappa shape index (κ2) is 11.4. The summed E-state index contributed by atoms with van der Waals surface area (Å²) in [5.41, 5.74) is 7.60. The number of hydrogen-bond donors (Lipinski definition) is 1. The lowest BCUT2D eigenvalue weighted by molar-refractivity contribution is -0.123. The zero-order valence-electron chi connectivity index (χ0n) is 23.1. The molecule has 1 aromatic heterocycles. The molecule has 3 aliphatic rings. The lowest BCUT2D eigenvalue weighted by Crippen LogP contribution is -2.44. The van der Waals surface area contributed by atoms with E-state index in [0.717, 1.165) is 59.3 Å². The van der Waals surface area contributed by atoms with Gasteiger partial charge in [-0.3, -0.25) is 9.36 Å². The third kappa shape index (κ3) is 5.51. The number of likely N-dealkylation sites (tertiary alicyclic amines) is 1. The number of rotatable bonds is 8. The van der Waals surface area contributed by atoms with Crippen LogP contribution in [-0.2, 0) is 9.53 Å².